The van der Waals surface area contributed by atoms with Gasteiger partial charge in [-0.25, -0.2) is 0 Å². The first-order valence-corrected chi connectivity index (χ1v) is 7.56. The first-order chi connectivity index (χ1) is 10.8. The van der Waals surface area contributed by atoms with Gasteiger partial charge in [0, 0.05) is 14.2 Å². The van der Waals surface area contributed by atoms with Crippen molar-refractivity contribution in [3.05, 3.63) is 0 Å². The highest BCUT2D eigenvalue weighted by molar-refractivity contribution is 4.92. The van der Waals surface area contributed by atoms with Crippen molar-refractivity contribution in [3.63, 3.8) is 0 Å². The number of aliphatic hydroxyl groups is 4. The Bertz CT molecular complexity index is 381. The van der Waals surface area contributed by atoms with Gasteiger partial charge in [-0.2, -0.15) is 0 Å². The van der Waals surface area contributed by atoms with Crippen LogP contribution < -0.4 is 0 Å². The van der Waals surface area contributed by atoms with E-state index in [-0.39, 0.29) is 0 Å². The SMILES string of the molecule is CO[C@@H]1[C@@H](O)[C@@H](O)[C@H](O[C@H]2[C@@H](O)[C@H](OC)[C@H](O)O[C@H]2C)O[C@H]1C. The van der Waals surface area contributed by atoms with Gasteiger partial charge in [0.05, 0.1) is 12.2 Å². The molecule has 2 rings (SSSR count). The number of rotatable bonds is 4. The van der Waals surface area contributed by atoms with E-state index in [9.17, 15) is 20.4 Å². The van der Waals surface area contributed by atoms with E-state index in [2.05, 4.69) is 0 Å². The summed E-state index contributed by atoms with van der Waals surface area (Å²) in [6.45, 7) is 3.29. The number of hydrogen-bond acceptors (Lipinski definition) is 9. The third-order valence-corrected chi connectivity index (χ3v) is 4.38. The molecular formula is C14H26O9. The van der Waals surface area contributed by atoms with Gasteiger partial charge in [-0.1, -0.05) is 0 Å². The lowest BCUT2D eigenvalue weighted by molar-refractivity contribution is -0.350. The van der Waals surface area contributed by atoms with Crippen molar-refractivity contribution in [1.29, 1.82) is 0 Å². The zero-order valence-corrected chi connectivity index (χ0v) is 13.6. The minimum atomic E-state index is -1.36. The van der Waals surface area contributed by atoms with Crippen LogP contribution in [0.2, 0.25) is 0 Å². The molecule has 10 atom stereocenters. The van der Waals surface area contributed by atoms with E-state index >= 15 is 0 Å². The number of aliphatic hydroxyl groups excluding tert-OH is 4. The van der Waals surface area contributed by atoms with E-state index < -0.39 is 61.4 Å². The minimum absolute atomic E-state index is 0.524. The number of hydrogen-bond donors (Lipinski definition) is 4. The van der Waals surface area contributed by atoms with Crippen LogP contribution in [0.5, 0.6) is 0 Å². The lowest BCUT2D eigenvalue weighted by Crippen LogP contribution is -2.63. The van der Waals surface area contributed by atoms with Crippen LogP contribution in [0.1, 0.15) is 13.8 Å². The monoisotopic (exact) mass is 338 g/mol. The molecule has 0 saturated carbocycles. The molecule has 2 aliphatic rings. The van der Waals surface area contributed by atoms with Crippen molar-refractivity contribution in [2.24, 2.45) is 0 Å². The van der Waals surface area contributed by atoms with Crippen LogP contribution in [-0.4, -0.2) is 96.1 Å². The molecule has 9 nitrogen and oxygen atoms in total. The zero-order valence-electron chi connectivity index (χ0n) is 13.6. The number of ether oxygens (including phenoxy) is 5. The van der Waals surface area contributed by atoms with Gasteiger partial charge in [0.2, 0.25) is 0 Å². The minimum Gasteiger partial charge on any atom is -0.387 e. The van der Waals surface area contributed by atoms with E-state index in [1.165, 1.54) is 14.2 Å². The molecule has 0 radical (unpaired) electrons. The van der Waals surface area contributed by atoms with E-state index in [1.54, 1.807) is 13.8 Å². The highest BCUT2D eigenvalue weighted by Crippen LogP contribution is 2.29. The van der Waals surface area contributed by atoms with Gasteiger partial charge >= 0.3 is 0 Å². The van der Waals surface area contributed by atoms with E-state index in [0.29, 0.717) is 0 Å². The van der Waals surface area contributed by atoms with Crippen molar-refractivity contribution in [1.82, 2.24) is 0 Å². The van der Waals surface area contributed by atoms with Crippen LogP contribution in [-0.2, 0) is 23.7 Å². The van der Waals surface area contributed by atoms with Gasteiger partial charge in [0.15, 0.2) is 12.6 Å². The first-order valence-electron chi connectivity index (χ1n) is 7.56. The van der Waals surface area contributed by atoms with Crippen LogP contribution in [0.4, 0.5) is 0 Å². The Morgan fingerprint density at radius 2 is 1.26 bits per heavy atom. The summed E-state index contributed by atoms with van der Waals surface area (Å²) in [7, 11) is 2.74. The Morgan fingerprint density at radius 1 is 0.696 bits per heavy atom. The topological polar surface area (TPSA) is 127 Å². The van der Waals surface area contributed by atoms with Crippen molar-refractivity contribution < 1.29 is 44.1 Å². The van der Waals surface area contributed by atoms with Gasteiger partial charge in [-0.15, -0.1) is 0 Å². The summed E-state index contributed by atoms with van der Waals surface area (Å²) in [5.41, 5.74) is 0. The fourth-order valence-electron chi connectivity index (χ4n) is 3.06. The van der Waals surface area contributed by atoms with Gasteiger partial charge in [-0.3, -0.25) is 0 Å². The maximum Gasteiger partial charge on any atom is 0.187 e. The smallest absolute Gasteiger partial charge is 0.187 e. The van der Waals surface area contributed by atoms with Crippen molar-refractivity contribution in [2.45, 2.75) is 75.3 Å². The third kappa shape index (κ3) is 3.68. The van der Waals surface area contributed by atoms with E-state index in [0.717, 1.165) is 0 Å². The Balaban J connectivity index is 2.08. The molecule has 0 unspecified atom stereocenters. The molecule has 0 aromatic heterocycles. The molecule has 4 N–H and O–H groups in total. The molecule has 0 amide bonds. The van der Waals surface area contributed by atoms with Crippen LogP contribution in [0, 0.1) is 0 Å². The van der Waals surface area contributed by atoms with Gasteiger partial charge in [0.25, 0.3) is 0 Å². The third-order valence-electron chi connectivity index (χ3n) is 4.38. The Morgan fingerprint density at radius 3 is 1.83 bits per heavy atom. The molecule has 2 fully saturated rings. The normalized spacial score (nSPS) is 51.7. The second-order valence-electron chi connectivity index (χ2n) is 5.91. The molecule has 9 heteroatoms. The molecule has 2 heterocycles. The maximum absolute atomic E-state index is 10.3. The lowest BCUT2D eigenvalue weighted by Gasteiger charge is -2.45. The molecular weight excluding hydrogens is 312 g/mol. The molecule has 136 valence electrons. The van der Waals surface area contributed by atoms with E-state index in [4.69, 9.17) is 23.7 Å². The quantitative estimate of drug-likeness (QED) is 0.459. The van der Waals surface area contributed by atoms with Gasteiger partial charge < -0.3 is 44.1 Å². The summed E-state index contributed by atoms with van der Waals surface area (Å²) >= 11 is 0. The lowest BCUT2D eigenvalue weighted by atomic mass is 9.97. The van der Waals surface area contributed by atoms with Crippen molar-refractivity contribution >= 4 is 0 Å². The molecule has 0 bridgehead atoms. The fourth-order valence-corrected chi connectivity index (χ4v) is 3.06. The Kier molecular flexibility index (Phi) is 6.34. The zero-order chi connectivity index (χ0) is 17.3. The summed E-state index contributed by atoms with van der Waals surface area (Å²) in [5.74, 6) is 0. The number of methoxy groups -OCH3 is 2. The summed E-state index contributed by atoms with van der Waals surface area (Å²) in [4.78, 5) is 0. The molecule has 23 heavy (non-hydrogen) atoms. The average Bonchev–Trinajstić information content (AvgIpc) is 2.49. The molecule has 2 aliphatic heterocycles. The second-order valence-corrected chi connectivity index (χ2v) is 5.91. The predicted octanol–water partition coefficient (Wildman–Crippen LogP) is -2.03. The van der Waals surface area contributed by atoms with Crippen molar-refractivity contribution in [3.8, 4) is 0 Å². The summed E-state index contributed by atoms with van der Waals surface area (Å²) < 4.78 is 26.5. The van der Waals surface area contributed by atoms with Crippen LogP contribution in [0.25, 0.3) is 0 Å². The molecule has 0 aromatic rings. The summed E-state index contributed by atoms with van der Waals surface area (Å²) in [6, 6.07) is 0. The molecule has 2 saturated heterocycles. The van der Waals surface area contributed by atoms with Crippen LogP contribution in [0.15, 0.2) is 0 Å². The Hall–Kier alpha value is -0.360. The van der Waals surface area contributed by atoms with Crippen LogP contribution in [0.3, 0.4) is 0 Å². The van der Waals surface area contributed by atoms with Gasteiger partial charge in [0.1, 0.15) is 36.6 Å². The molecule has 0 spiro atoms. The van der Waals surface area contributed by atoms with E-state index in [1.807, 2.05) is 0 Å². The Labute approximate surface area is 134 Å². The predicted molar refractivity (Wildman–Crippen MR) is 75.4 cm³/mol. The highest BCUT2D eigenvalue weighted by atomic mass is 16.7. The fraction of sp³-hybridized carbons (Fsp3) is 1.00. The van der Waals surface area contributed by atoms with Gasteiger partial charge in [-0.05, 0) is 13.8 Å². The second kappa shape index (κ2) is 7.68. The average molecular weight is 338 g/mol. The highest BCUT2D eigenvalue weighted by Gasteiger charge is 2.49. The maximum atomic E-state index is 10.3. The van der Waals surface area contributed by atoms with Crippen LogP contribution >= 0.6 is 0 Å². The molecule has 0 aromatic carbocycles. The summed E-state index contributed by atoms with van der Waals surface area (Å²) in [5, 5.41) is 40.3. The standard InChI is InChI=1S/C14H26O9/c1-5-10(19-3)7(15)8(16)14(22-5)23-11-6(2)21-13(18)12(20-4)9(11)17/h5-18H,1-4H3/t5-,6-,7-,8+,9+,10-,11+,12-,13+,14-/m0/s1. The first kappa shape index (κ1) is 19.0. The molecule has 0 aliphatic carbocycles. The van der Waals surface area contributed by atoms with Crippen molar-refractivity contribution in [2.75, 3.05) is 14.2 Å². The largest absolute Gasteiger partial charge is 0.387 e. The summed E-state index contributed by atoms with van der Waals surface area (Å²) in [6.07, 6.45) is -10.0.